The smallest absolute Gasteiger partial charge is 0.267 e. The predicted octanol–water partition coefficient (Wildman–Crippen LogP) is 0.319. The summed E-state index contributed by atoms with van der Waals surface area (Å²) in [5.74, 6) is 0.189. The molecule has 2 heterocycles. The van der Waals surface area contributed by atoms with Crippen LogP contribution in [-0.4, -0.2) is 54.1 Å². The van der Waals surface area contributed by atoms with E-state index in [2.05, 4.69) is 22.4 Å². The van der Waals surface area contributed by atoms with Crippen molar-refractivity contribution in [1.82, 2.24) is 20.0 Å². The van der Waals surface area contributed by atoms with Crippen molar-refractivity contribution in [3.63, 3.8) is 0 Å². The second-order valence-electron chi connectivity index (χ2n) is 6.06. The fourth-order valence-electron chi connectivity index (χ4n) is 2.90. The van der Waals surface area contributed by atoms with Crippen LogP contribution in [0.5, 0.6) is 0 Å². The van der Waals surface area contributed by atoms with E-state index in [1.54, 1.807) is 19.3 Å². The van der Waals surface area contributed by atoms with Gasteiger partial charge in [0.1, 0.15) is 12.3 Å². The molecule has 0 saturated carbocycles. The minimum absolute atomic E-state index is 0.159. The Hall–Kier alpha value is -2.02. The summed E-state index contributed by atoms with van der Waals surface area (Å²) in [4.78, 5) is 37.1. The van der Waals surface area contributed by atoms with Gasteiger partial charge in [-0.05, 0) is 50.9 Å². The molecule has 0 radical (unpaired) electrons. The average Bonchev–Trinajstić information content (AvgIpc) is 2.56. The monoisotopic (exact) mass is 320 g/mol. The van der Waals surface area contributed by atoms with E-state index < -0.39 is 6.04 Å². The highest BCUT2D eigenvalue weighted by Gasteiger charge is 2.21. The summed E-state index contributed by atoms with van der Waals surface area (Å²) >= 11 is 0. The van der Waals surface area contributed by atoms with Gasteiger partial charge in [-0.1, -0.05) is 0 Å². The zero-order valence-corrected chi connectivity index (χ0v) is 13.7. The van der Waals surface area contributed by atoms with Gasteiger partial charge < -0.3 is 15.0 Å². The Labute approximate surface area is 135 Å². The van der Waals surface area contributed by atoms with Crippen LogP contribution in [0.2, 0.25) is 0 Å². The fourth-order valence-corrected chi connectivity index (χ4v) is 2.90. The third kappa shape index (κ3) is 4.48. The molecule has 0 aliphatic carbocycles. The molecule has 1 aliphatic heterocycles. The van der Waals surface area contributed by atoms with Crippen molar-refractivity contribution in [1.29, 1.82) is 0 Å². The van der Waals surface area contributed by atoms with Gasteiger partial charge in [0.05, 0.1) is 6.20 Å². The molecule has 23 heavy (non-hydrogen) atoms. The van der Waals surface area contributed by atoms with Crippen LogP contribution in [0, 0.1) is 0 Å². The fraction of sp³-hybridized carbons (Fsp3) is 0.625. The Balaban J connectivity index is 2.10. The second-order valence-corrected chi connectivity index (χ2v) is 6.06. The van der Waals surface area contributed by atoms with Crippen LogP contribution in [0.15, 0.2) is 17.1 Å². The maximum atomic E-state index is 12.3. The van der Waals surface area contributed by atoms with E-state index in [9.17, 15) is 14.4 Å². The normalized spacial score (nSPS) is 17.7. The SMILES string of the molecule is CNC(=O)CCC(C=O)n1ncc(C2CCN(C)CC2)cc1=O. The number of aldehydes is 1. The summed E-state index contributed by atoms with van der Waals surface area (Å²) in [5, 5.41) is 6.67. The highest BCUT2D eigenvalue weighted by atomic mass is 16.2. The van der Waals surface area contributed by atoms with Crippen LogP contribution < -0.4 is 10.9 Å². The molecule has 1 aromatic rings. The molecule has 0 bridgehead atoms. The number of amides is 1. The first kappa shape index (κ1) is 17.3. The van der Waals surface area contributed by atoms with E-state index in [1.807, 2.05) is 0 Å². The van der Waals surface area contributed by atoms with Crippen LogP contribution in [0.3, 0.4) is 0 Å². The molecule has 1 amide bonds. The summed E-state index contributed by atoms with van der Waals surface area (Å²) in [6.45, 7) is 2.02. The van der Waals surface area contributed by atoms with E-state index in [1.165, 1.54) is 4.68 Å². The number of nitrogens with one attached hydrogen (secondary N) is 1. The standard InChI is InChI=1S/C16H24N4O3/c1-17-15(22)4-3-14(11-21)20-16(23)9-13(10-18-20)12-5-7-19(2)8-6-12/h9-12,14H,3-8H2,1-2H3,(H,17,22). The van der Waals surface area contributed by atoms with Gasteiger partial charge in [-0.15, -0.1) is 0 Å². The molecule has 1 atom stereocenters. The van der Waals surface area contributed by atoms with Crippen molar-refractivity contribution in [2.45, 2.75) is 37.6 Å². The highest BCUT2D eigenvalue weighted by molar-refractivity contribution is 5.76. The summed E-state index contributed by atoms with van der Waals surface area (Å²) in [7, 11) is 3.63. The van der Waals surface area contributed by atoms with Crippen molar-refractivity contribution in [3.8, 4) is 0 Å². The number of nitrogens with zero attached hydrogens (tertiary/aromatic N) is 3. The predicted molar refractivity (Wildman–Crippen MR) is 86.4 cm³/mol. The number of rotatable bonds is 6. The van der Waals surface area contributed by atoms with Gasteiger partial charge in [-0.25, -0.2) is 4.68 Å². The summed E-state index contributed by atoms with van der Waals surface area (Å²) < 4.78 is 1.17. The lowest BCUT2D eigenvalue weighted by Gasteiger charge is -2.29. The first-order valence-corrected chi connectivity index (χ1v) is 7.98. The lowest BCUT2D eigenvalue weighted by molar-refractivity contribution is -0.121. The maximum Gasteiger partial charge on any atom is 0.267 e. The first-order valence-electron chi connectivity index (χ1n) is 7.98. The molecule has 1 fully saturated rings. The zero-order valence-electron chi connectivity index (χ0n) is 13.7. The molecule has 126 valence electrons. The van der Waals surface area contributed by atoms with E-state index >= 15 is 0 Å². The minimum Gasteiger partial charge on any atom is -0.359 e. The number of piperidine rings is 1. The van der Waals surface area contributed by atoms with Gasteiger partial charge in [0.2, 0.25) is 5.91 Å². The summed E-state index contributed by atoms with van der Waals surface area (Å²) in [5.41, 5.74) is 0.658. The minimum atomic E-state index is -0.702. The van der Waals surface area contributed by atoms with Crippen LogP contribution in [0.1, 0.15) is 43.2 Å². The molecule has 0 aromatic carbocycles. The molecule has 7 nitrogen and oxygen atoms in total. The molecule has 1 N–H and O–H groups in total. The first-order chi connectivity index (χ1) is 11.0. The quantitative estimate of drug-likeness (QED) is 0.763. The number of carbonyl (C=O) groups excluding carboxylic acids is 2. The van der Waals surface area contributed by atoms with Gasteiger partial charge >= 0.3 is 0 Å². The third-order valence-corrected chi connectivity index (χ3v) is 4.45. The number of aromatic nitrogens is 2. The number of hydrogen-bond donors (Lipinski definition) is 1. The molecule has 1 aromatic heterocycles. The molecule has 1 saturated heterocycles. The largest absolute Gasteiger partial charge is 0.359 e. The lowest BCUT2D eigenvalue weighted by Crippen LogP contribution is -2.32. The third-order valence-electron chi connectivity index (χ3n) is 4.45. The Morgan fingerprint density at radius 3 is 2.74 bits per heavy atom. The van der Waals surface area contributed by atoms with Crippen LogP contribution in [0.25, 0.3) is 0 Å². The molecule has 7 heteroatoms. The van der Waals surface area contributed by atoms with Crippen molar-refractivity contribution in [2.24, 2.45) is 0 Å². The number of carbonyl (C=O) groups is 2. The van der Waals surface area contributed by atoms with Crippen molar-refractivity contribution in [2.75, 3.05) is 27.2 Å². The van der Waals surface area contributed by atoms with E-state index in [4.69, 9.17) is 0 Å². The Morgan fingerprint density at radius 2 is 2.17 bits per heavy atom. The number of hydrogen-bond acceptors (Lipinski definition) is 5. The summed E-state index contributed by atoms with van der Waals surface area (Å²) in [6.07, 6.45) is 4.83. The Kier molecular flexibility index (Phi) is 6.04. The van der Waals surface area contributed by atoms with Crippen molar-refractivity contribution in [3.05, 3.63) is 28.2 Å². The summed E-state index contributed by atoms with van der Waals surface area (Å²) in [6, 6.07) is 0.880. The topological polar surface area (TPSA) is 84.3 Å². The van der Waals surface area contributed by atoms with Crippen molar-refractivity contribution < 1.29 is 9.59 Å². The zero-order chi connectivity index (χ0) is 16.8. The van der Waals surface area contributed by atoms with Gasteiger partial charge in [0.15, 0.2) is 0 Å². The molecular weight excluding hydrogens is 296 g/mol. The lowest BCUT2D eigenvalue weighted by atomic mass is 9.91. The van der Waals surface area contributed by atoms with Crippen LogP contribution in [-0.2, 0) is 9.59 Å². The molecule has 1 aliphatic rings. The molecule has 1 unspecified atom stereocenters. The van der Waals surface area contributed by atoms with Gasteiger partial charge in [-0.2, -0.15) is 5.10 Å². The average molecular weight is 320 g/mol. The Morgan fingerprint density at radius 1 is 1.48 bits per heavy atom. The maximum absolute atomic E-state index is 12.3. The van der Waals surface area contributed by atoms with Gasteiger partial charge in [-0.3, -0.25) is 9.59 Å². The molecule has 2 rings (SSSR count). The van der Waals surface area contributed by atoms with E-state index in [0.29, 0.717) is 12.2 Å². The van der Waals surface area contributed by atoms with Crippen LogP contribution >= 0.6 is 0 Å². The van der Waals surface area contributed by atoms with Crippen LogP contribution in [0.4, 0.5) is 0 Å². The van der Waals surface area contributed by atoms with Crippen molar-refractivity contribution >= 4 is 12.2 Å². The Bertz CT molecular complexity index is 606. The highest BCUT2D eigenvalue weighted by Crippen LogP contribution is 2.26. The van der Waals surface area contributed by atoms with E-state index in [-0.39, 0.29) is 24.3 Å². The van der Waals surface area contributed by atoms with Gasteiger partial charge in [0.25, 0.3) is 5.56 Å². The number of likely N-dealkylation sites (tertiary alicyclic amines) is 1. The molecular formula is C16H24N4O3. The molecule has 0 spiro atoms. The van der Waals surface area contributed by atoms with E-state index in [0.717, 1.165) is 31.5 Å². The second kappa shape index (κ2) is 8.01. The van der Waals surface area contributed by atoms with Gasteiger partial charge in [0, 0.05) is 19.5 Å².